The van der Waals surface area contributed by atoms with E-state index in [1.54, 1.807) is 7.11 Å². The van der Waals surface area contributed by atoms with Crippen LogP contribution in [0.5, 0.6) is 5.75 Å². The lowest BCUT2D eigenvalue weighted by atomic mass is 10.0. The largest absolute Gasteiger partial charge is 0.496 e. The number of hydrogen-bond donors (Lipinski definition) is 1. The number of para-hydroxylation sites is 1. The first kappa shape index (κ1) is 8.57. The maximum atomic E-state index is 5.33. The van der Waals surface area contributed by atoms with Crippen LogP contribution in [0.15, 0.2) is 24.3 Å². The van der Waals surface area contributed by atoms with Crippen molar-refractivity contribution in [3.63, 3.8) is 0 Å². The summed E-state index contributed by atoms with van der Waals surface area (Å²) < 4.78 is 5.33. The molecule has 1 aliphatic rings. The second-order valence-electron chi connectivity index (χ2n) is 3.53. The molecule has 1 saturated carbocycles. The third-order valence-electron chi connectivity index (χ3n) is 2.85. The van der Waals surface area contributed by atoms with Gasteiger partial charge >= 0.3 is 0 Å². The molecule has 13 heavy (non-hydrogen) atoms. The van der Waals surface area contributed by atoms with Gasteiger partial charge in [0.15, 0.2) is 0 Å². The molecule has 1 aromatic rings. The van der Waals surface area contributed by atoms with Crippen LogP contribution in [-0.2, 0) is 5.54 Å². The van der Waals surface area contributed by atoms with E-state index in [0.29, 0.717) is 0 Å². The molecule has 0 spiro atoms. The molecule has 0 unspecified atom stereocenters. The lowest BCUT2D eigenvalue weighted by molar-refractivity contribution is 0.399. The normalized spacial score (nSPS) is 18.3. The van der Waals surface area contributed by atoms with Gasteiger partial charge in [-0.3, -0.25) is 0 Å². The molecule has 0 bridgehead atoms. The topological polar surface area (TPSA) is 21.3 Å². The van der Waals surface area contributed by atoms with Crippen molar-refractivity contribution >= 4 is 0 Å². The van der Waals surface area contributed by atoms with Crippen molar-refractivity contribution in [1.82, 2.24) is 5.32 Å². The molecule has 1 N–H and O–H groups in total. The minimum atomic E-state index is 0.201. The summed E-state index contributed by atoms with van der Waals surface area (Å²) in [6, 6.07) is 8.23. The lowest BCUT2D eigenvalue weighted by Crippen LogP contribution is -2.24. The third-order valence-corrected chi connectivity index (χ3v) is 2.85. The summed E-state index contributed by atoms with van der Waals surface area (Å²) in [6.07, 6.45) is 2.42. The van der Waals surface area contributed by atoms with Crippen molar-refractivity contribution in [2.24, 2.45) is 0 Å². The number of hydrogen-bond acceptors (Lipinski definition) is 2. The zero-order chi connectivity index (χ0) is 9.31. The van der Waals surface area contributed by atoms with Gasteiger partial charge in [0, 0.05) is 11.1 Å². The third kappa shape index (κ3) is 1.31. The summed E-state index contributed by atoms with van der Waals surface area (Å²) in [6.45, 7) is 0. The Morgan fingerprint density at radius 3 is 2.54 bits per heavy atom. The van der Waals surface area contributed by atoms with E-state index in [1.165, 1.54) is 18.4 Å². The van der Waals surface area contributed by atoms with Crippen LogP contribution in [0, 0.1) is 0 Å². The number of nitrogens with one attached hydrogen (secondary N) is 1. The van der Waals surface area contributed by atoms with Crippen LogP contribution in [0.3, 0.4) is 0 Å². The first-order chi connectivity index (χ1) is 6.32. The highest BCUT2D eigenvalue weighted by Crippen LogP contribution is 2.48. The maximum absolute atomic E-state index is 5.33. The van der Waals surface area contributed by atoms with Crippen LogP contribution in [0.2, 0.25) is 0 Å². The molecule has 1 aromatic carbocycles. The summed E-state index contributed by atoms with van der Waals surface area (Å²) in [7, 11) is 3.74. The minimum absolute atomic E-state index is 0.201. The molecule has 1 aliphatic carbocycles. The van der Waals surface area contributed by atoms with Gasteiger partial charge < -0.3 is 10.1 Å². The summed E-state index contributed by atoms with van der Waals surface area (Å²) in [5.41, 5.74) is 1.49. The Bertz CT molecular complexity index is 305. The quantitative estimate of drug-likeness (QED) is 0.761. The van der Waals surface area contributed by atoms with E-state index in [4.69, 9.17) is 4.74 Å². The van der Waals surface area contributed by atoms with Gasteiger partial charge in [-0.05, 0) is 26.0 Å². The molecule has 70 valence electrons. The van der Waals surface area contributed by atoms with Crippen molar-refractivity contribution in [3.05, 3.63) is 29.8 Å². The van der Waals surface area contributed by atoms with Crippen molar-refractivity contribution in [2.75, 3.05) is 14.2 Å². The molecular weight excluding hydrogens is 162 g/mol. The van der Waals surface area contributed by atoms with Crippen LogP contribution >= 0.6 is 0 Å². The minimum Gasteiger partial charge on any atom is -0.496 e. The van der Waals surface area contributed by atoms with Gasteiger partial charge in [-0.1, -0.05) is 18.2 Å². The highest BCUT2D eigenvalue weighted by atomic mass is 16.5. The Hall–Kier alpha value is -1.02. The average Bonchev–Trinajstić information content (AvgIpc) is 2.98. The summed E-state index contributed by atoms with van der Waals surface area (Å²) >= 11 is 0. The lowest BCUT2D eigenvalue weighted by Gasteiger charge is -2.17. The van der Waals surface area contributed by atoms with Gasteiger partial charge in [0.25, 0.3) is 0 Å². The molecule has 0 atom stereocenters. The fraction of sp³-hybridized carbons (Fsp3) is 0.455. The van der Waals surface area contributed by atoms with Gasteiger partial charge in [0.05, 0.1) is 7.11 Å². The van der Waals surface area contributed by atoms with Crippen LogP contribution in [-0.4, -0.2) is 14.2 Å². The highest BCUT2D eigenvalue weighted by Gasteiger charge is 2.44. The van der Waals surface area contributed by atoms with Gasteiger partial charge in [-0.2, -0.15) is 0 Å². The Kier molecular flexibility index (Phi) is 2.00. The van der Waals surface area contributed by atoms with E-state index >= 15 is 0 Å². The first-order valence-corrected chi connectivity index (χ1v) is 4.65. The molecule has 0 heterocycles. The summed E-state index contributed by atoms with van der Waals surface area (Å²) in [5.74, 6) is 0.995. The highest BCUT2D eigenvalue weighted by molar-refractivity contribution is 5.42. The van der Waals surface area contributed by atoms with E-state index in [-0.39, 0.29) is 5.54 Å². The van der Waals surface area contributed by atoms with Crippen molar-refractivity contribution in [2.45, 2.75) is 18.4 Å². The molecule has 0 aliphatic heterocycles. The zero-order valence-corrected chi connectivity index (χ0v) is 8.13. The molecule has 2 nitrogen and oxygen atoms in total. The van der Waals surface area contributed by atoms with Crippen LogP contribution < -0.4 is 10.1 Å². The number of ether oxygens (including phenoxy) is 1. The molecule has 2 rings (SSSR count). The zero-order valence-electron chi connectivity index (χ0n) is 8.13. The van der Waals surface area contributed by atoms with E-state index < -0.39 is 0 Å². The Balaban J connectivity index is 2.39. The summed E-state index contributed by atoms with van der Waals surface area (Å²) in [5, 5.41) is 3.36. The van der Waals surface area contributed by atoms with Crippen molar-refractivity contribution < 1.29 is 4.74 Å². The Morgan fingerprint density at radius 1 is 1.31 bits per heavy atom. The van der Waals surface area contributed by atoms with Crippen LogP contribution in [0.1, 0.15) is 18.4 Å². The van der Waals surface area contributed by atoms with Gasteiger partial charge in [-0.25, -0.2) is 0 Å². The van der Waals surface area contributed by atoms with Gasteiger partial charge in [0.1, 0.15) is 5.75 Å². The molecule has 0 aromatic heterocycles. The standard InChI is InChI=1S/C11H15NO/c1-12-11(7-8-11)9-5-3-4-6-10(9)13-2/h3-6,12H,7-8H2,1-2H3. The Morgan fingerprint density at radius 2 is 2.00 bits per heavy atom. The first-order valence-electron chi connectivity index (χ1n) is 4.65. The fourth-order valence-corrected chi connectivity index (χ4v) is 1.82. The number of methoxy groups -OCH3 is 1. The average molecular weight is 177 g/mol. The van der Waals surface area contributed by atoms with Crippen LogP contribution in [0.25, 0.3) is 0 Å². The molecule has 0 radical (unpaired) electrons. The van der Waals surface area contributed by atoms with E-state index in [9.17, 15) is 0 Å². The molecule has 0 amide bonds. The predicted molar refractivity (Wildman–Crippen MR) is 53.0 cm³/mol. The van der Waals surface area contributed by atoms with Crippen molar-refractivity contribution in [1.29, 1.82) is 0 Å². The summed E-state index contributed by atoms with van der Waals surface area (Å²) in [4.78, 5) is 0. The smallest absolute Gasteiger partial charge is 0.123 e. The second kappa shape index (κ2) is 3.04. The SMILES string of the molecule is CNC1(c2ccccc2OC)CC1. The molecule has 1 fully saturated rings. The molecule has 2 heteroatoms. The number of benzene rings is 1. The Labute approximate surface area is 78.9 Å². The molecule has 0 saturated heterocycles. The second-order valence-corrected chi connectivity index (χ2v) is 3.53. The van der Waals surface area contributed by atoms with Crippen LogP contribution in [0.4, 0.5) is 0 Å². The monoisotopic (exact) mass is 177 g/mol. The van der Waals surface area contributed by atoms with Gasteiger partial charge in [0.2, 0.25) is 0 Å². The molecular formula is C11H15NO. The predicted octanol–water partition coefficient (Wildman–Crippen LogP) is 1.90. The van der Waals surface area contributed by atoms with E-state index in [1.807, 2.05) is 19.2 Å². The van der Waals surface area contributed by atoms with E-state index in [0.717, 1.165) is 5.75 Å². The fourth-order valence-electron chi connectivity index (χ4n) is 1.82. The maximum Gasteiger partial charge on any atom is 0.123 e. The van der Waals surface area contributed by atoms with Crippen molar-refractivity contribution in [3.8, 4) is 5.75 Å². The van der Waals surface area contributed by atoms with E-state index in [2.05, 4.69) is 17.4 Å². The van der Waals surface area contributed by atoms with Gasteiger partial charge in [-0.15, -0.1) is 0 Å². The number of rotatable bonds is 3.